The van der Waals surface area contributed by atoms with Crippen LogP contribution in [-0.2, 0) is 16.6 Å². The summed E-state index contributed by atoms with van der Waals surface area (Å²) in [6.07, 6.45) is 1.87. The molecule has 1 aliphatic rings. The molecule has 0 bridgehead atoms. The maximum absolute atomic E-state index is 12.3. The lowest BCUT2D eigenvalue weighted by atomic mass is 10.2. The Hall–Kier alpha value is -0.270. The van der Waals surface area contributed by atoms with Gasteiger partial charge < -0.3 is 5.11 Å². The van der Waals surface area contributed by atoms with Crippen molar-refractivity contribution in [2.75, 3.05) is 11.5 Å². The molecule has 0 aliphatic carbocycles. The third kappa shape index (κ3) is 3.86. The summed E-state index contributed by atoms with van der Waals surface area (Å²) in [6, 6.07) is 4.48. The average Bonchev–Trinajstić information content (AvgIpc) is 2.39. The van der Waals surface area contributed by atoms with Gasteiger partial charge in [-0.3, -0.25) is 0 Å². The van der Waals surface area contributed by atoms with Crippen molar-refractivity contribution in [3.63, 3.8) is 0 Å². The van der Waals surface area contributed by atoms with Crippen LogP contribution in [0.4, 0.5) is 0 Å². The second-order valence-corrected chi connectivity index (χ2v) is 7.70. The Morgan fingerprint density at radius 3 is 2.89 bits per heavy atom. The minimum atomic E-state index is -3.63. The molecule has 1 unspecified atom stereocenters. The van der Waals surface area contributed by atoms with Crippen LogP contribution >= 0.6 is 23.4 Å². The van der Waals surface area contributed by atoms with Gasteiger partial charge in [0.05, 0.1) is 11.6 Å². The molecule has 0 amide bonds. The second kappa shape index (κ2) is 6.45. The average molecular weight is 322 g/mol. The van der Waals surface area contributed by atoms with Gasteiger partial charge in [-0.15, -0.1) is 0 Å². The highest BCUT2D eigenvalue weighted by molar-refractivity contribution is 7.99. The van der Waals surface area contributed by atoms with Crippen molar-refractivity contribution in [1.29, 1.82) is 0 Å². The predicted octanol–water partition coefficient (Wildman–Crippen LogP) is 2.01. The smallest absolute Gasteiger partial charge is 0.242 e. The van der Waals surface area contributed by atoms with Crippen LogP contribution in [-0.4, -0.2) is 31.1 Å². The van der Waals surface area contributed by atoms with E-state index < -0.39 is 10.0 Å². The fourth-order valence-corrected chi connectivity index (χ4v) is 4.97. The molecule has 0 aromatic heterocycles. The quantitative estimate of drug-likeness (QED) is 0.890. The van der Waals surface area contributed by atoms with Gasteiger partial charge in [0.1, 0.15) is 4.90 Å². The summed E-state index contributed by atoms with van der Waals surface area (Å²) < 4.78 is 27.3. The Bertz CT molecular complexity index is 542. The van der Waals surface area contributed by atoms with Crippen molar-refractivity contribution in [1.82, 2.24) is 4.72 Å². The summed E-state index contributed by atoms with van der Waals surface area (Å²) in [5.74, 6) is 1.87. The van der Waals surface area contributed by atoms with E-state index in [-0.39, 0.29) is 22.6 Å². The van der Waals surface area contributed by atoms with Crippen LogP contribution in [0.3, 0.4) is 0 Å². The number of thioether (sulfide) groups is 1. The van der Waals surface area contributed by atoms with Gasteiger partial charge in [0.25, 0.3) is 0 Å². The van der Waals surface area contributed by atoms with Crippen LogP contribution in [0.1, 0.15) is 18.4 Å². The van der Waals surface area contributed by atoms with Gasteiger partial charge in [0.2, 0.25) is 10.0 Å². The molecule has 0 spiro atoms. The highest BCUT2D eigenvalue weighted by Gasteiger charge is 2.24. The molecule has 1 saturated heterocycles. The maximum Gasteiger partial charge on any atom is 0.242 e. The Kier molecular flexibility index (Phi) is 5.14. The van der Waals surface area contributed by atoms with E-state index in [4.69, 9.17) is 16.7 Å². The minimum Gasteiger partial charge on any atom is -0.392 e. The molecule has 1 aliphatic heterocycles. The van der Waals surface area contributed by atoms with Crippen LogP contribution < -0.4 is 4.72 Å². The van der Waals surface area contributed by atoms with Crippen molar-refractivity contribution in [2.45, 2.75) is 30.4 Å². The van der Waals surface area contributed by atoms with Gasteiger partial charge in [0.15, 0.2) is 0 Å². The van der Waals surface area contributed by atoms with Gasteiger partial charge in [-0.05, 0) is 36.3 Å². The highest BCUT2D eigenvalue weighted by Crippen LogP contribution is 2.25. The van der Waals surface area contributed by atoms with Gasteiger partial charge in [-0.2, -0.15) is 11.8 Å². The van der Waals surface area contributed by atoms with E-state index in [9.17, 15) is 8.42 Å². The van der Waals surface area contributed by atoms with Gasteiger partial charge >= 0.3 is 0 Å². The maximum atomic E-state index is 12.3. The summed E-state index contributed by atoms with van der Waals surface area (Å²) in [6.45, 7) is -0.209. The van der Waals surface area contributed by atoms with E-state index in [0.29, 0.717) is 5.56 Å². The normalized spacial score (nSPS) is 20.4. The predicted molar refractivity (Wildman–Crippen MR) is 78.0 cm³/mol. The molecular formula is C12H16ClNO3S2. The van der Waals surface area contributed by atoms with Crippen LogP contribution in [0.5, 0.6) is 0 Å². The van der Waals surface area contributed by atoms with E-state index in [2.05, 4.69) is 4.72 Å². The first-order valence-electron chi connectivity index (χ1n) is 6.02. The van der Waals surface area contributed by atoms with Crippen molar-refractivity contribution < 1.29 is 13.5 Å². The number of benzene rings is 1. The molecule has 0 saturated carbocycles. The number of aliphatic hydroxyl groups excluding tert-OH is 1. The molecule has 2 N–H and O–H groups in total. The zero-order chi connectivity index (χ0) is 13.9. The number of rotatable bonds is 4. The first-order valence-corrected chi connectivity index (χ1v) is 9.04. The Morgan fingerprint density at radius 2 is 2.26 bits per heavy atom. The molecule has 19 heavy (non-hydrogen) atoms. The molecule has 1 heterocycles. The standard InChI is InChI=1S/C12H16ClNO3S2/c13-11-4-3-9(7-15)6-12(11)19(16,17)14-10-2-1-5-18-8-10/h3-4,6,10,14-15H,1-2,5,7-8H2. The number of hydrogen-bond acceptors (Lipinski definition) is 4. The lowest BCUT2D eigenvalue weighted by Gasteiger charge is -2.22. The minimum absolute atomic E-state index is 0.0382. The van der Waals surface area contributed by atoms with Gasteiger partial charge in [-0.25, -0.2) is 13.1 Å². The Labute approximate surface area is 122 Å². The van der Waals surface area contributed by atoms with E-state index in [1.165, 1.54) is 12.1 Å². The zero-order valence-electron chi connectivity index (χ0n) is 10.3. The molecule has 4 nitrogen and oxygen atoms in total. The molecule has 1 aromatic carbocycles. The first kappa shape index (κ1) is 15.1. The Balaban J connectivity index is 2.23. The van der Waals surface area contributed by atoms with E-state index >= 15 is 0 Å². The number of hydrogen-bond donors (Lipinski definition) is 2. The second-order valence-electron chi connectivity index (χ2n) is 4.46. The Morgan fingerprint density at radius 1 is 1.47 bits per heavy atom. The lowest BCUT2D eigenvalue weighted by Crippen LogP contribution is -2.38. The third-order valence-electron chi connectivity index (χ3n) is 2.95. The number of aliphatic hydroxyl groups is 1. The van der Waals surface area contributed by atoms with Gasteiger partial charge in [-0.1, -0.05) is 17.7 Å². The highest BCUT2D eigenvalue weighted by atomic mass is 35.5. The molecule has 2 rings (SSSR count). The summed E-state index contributed by atoms with van der Waals surface area (Å²) in [5.41, 5.74) is 0.530. The van der Waals surface area contributed by atoms with Gasteiger partial charge in [0, 0.05) is 11.8 Å². The van der Waals surface area contributed by atoms with E-state index in [1.807, 2.05) is 0 Å². The summed E-state index contributed by atoms with van der Waals surface area (Å²) in [4.78, 5) is 0.0382. The van der Waals surface area contributed by atoms with Crippen LogP contribution in [0, 0.1) is 0 Å². The monoisotopic (exact) mass is 321 g/mol. The van der Waals surface area contributed by atoms with E-state index in [1.54, 1.807) is 17.8 Å². The molecule has 1 aromatic rings. The summed E-state index contributed by atoms with van der Waals surface area (Å²) >= 11 is 7.70. The number of halogens is 1. The fourth-order valence-electron chi connectivity index (χ4n) is 1.97. The third-order valence-corrected chi connectivity index (χ3v) is 6.17. The fraction of sp³-hybridized carbons (Fsp3) is 0.500. The van der Waals surface area contributed by atoms with Crippen LogP contribution in [0.25, 0.3) is 0 Å². The van der Waals surface area contributed by atoms with Crippen molar-refractivity contribution in [3.05, 3.63) is 28.8 Å². The zero-order valence-corrected chi connectivity index (χ0v) is 12.7. The van der Waals surface area contributed by atoms with Crippen LogP contribution in [0.15, 0.2) is 23.1 Å². The summed E-state index contributed by atoms with van der Waals surface area (Å²) in [7, 11) is -3.63. The van der Waals surface area contributed by atoms with Crippen molar-refractivity contribution in [3.8, 4) is 0 Å². The lowest BCUT2D eigenvalue weighted by molar-refractivity contribution is 0.281. The summed E-state index contributed by atoms with van der Waals surface area (Å²) in [5, 5.41) is 9.25. The van der Waals surface area contributed by atoms with E-state index in [0.717, 1.165) is 24.3 Å². The molecule has 1 atom stereocenters. The van der Waals surface area contributed by atoms with Crippen molar-refractivity contribution in [2.24, 2.45) is 0 Å². The largest absolute Gasteiger partial charge is 0.392 e. The topological polar surface area (TPSA) is 66.4 Å². The van der Waals surface area contributed by atoms with Crippen molar-refractivity contribution >= 4 is 33.4 Å². The SMILES string of the molecule is O=S(=O)(NC1CCCSC1)c1cc(CO)ccc1Cl. The molecule has 1 fully saturated rings. The molecule has 0 radical (unpaired) electrons. The first-order chi connectivity index (χ1) is 9.03. The number of nitrogens with one attached hydrogen (secondary N) is 1. The molecule has 7 heteroatoms. The molecular weight excluding hydrogens is 306 g/mol. The molecule has 106 valence electrons. The number of sulfonamides is 1. The van der Waals surface area contributed by atoms with Crippen LogP contribution in [0.2, 0.25) is 5.02 Å².